The van der Waals surface area contributed by atoms with Gasteiger partial charge < -0.3 is 15.1 Å². The molecule has 3 unspecified atom stereocenters. The van der Waals surface area contributed by atoms with Gasteiger partial charge in [0, 0.05) is 12.5 Å². The lowest BCUT2D eigenvalue weighted by Gasteiger charge is -2.24. The van der Waals surface area contributed by atoms with Gasteiger partial charge in [-0.05, 0) is 18.9 Å². The minimum Gasteiger partial charge on any atom is -0.469 e. The maximum atomic E-state index is 9.21. The molecule has 4 heteroatoms. The Kier molecular flexibility index (Phi) is 7.54. The fraction of sp³-hybridized carbons (Fsp3) is 0.500. The van der Waals surface area contributed by atoms with Crippen molar-refractivity contribution in [3.8, 4) is 0 Å². The molecule has 0 aliphatic carbocycles. The number of hydroxylamine groups is 1. The van der Waals surface area contributed by atoms with E-state index < -0.39 is 6.29 Å². The maximum Gasteiger partial charge on any atom is 0.194 e. The molecule has 0 aromatic heterocycles. The standard InChI is InChI=1S/C12H21NO3/c1-5-7-12(16-10(4)14)11(6-2)9(3)8-13-15/h5-7,9-11,13-15H,1-2,8H2,3-4H3/b12-7+. The van der Waals surface area contributed by atoms with Gasteiger partial charge in [-0.1, -0.05) is 25.7 Å². The lowest BCUT2D eigenvalue weighted by molar-refractivity contribution is -0.0595. The summed E-state index contributed by atoms with van der Waals surface area (Å²) in [7, 11) is 0. The second-order valence-corrected chi connectivity index (χ2v) is 3.62. The van der Waals surface area contributed by atoms with Crippen LogP contribution in [0.4, 0.5) is 0 Å². The molecule has 0 rings (SSSR count). The van der Waals surface area contributed by atoms with E-state index in [1.807, 2.05) is 6.92 Å². The van der Waals surface area contributed by atoms with Crippen LogP contribution in [0, 0.1) is 11.8 Å². The molecule has 0 bridgehead atoms. The van der Waals surface area contributed by atoms with Crippen molar-refractivity contribution < 1.29 is 15.1 Å². The van der Waals surface area contributed by atoms with E-state index in [-0.39, 0.29) is 11.8 Å². The number of aliphatic hydroxyl groups excluding tert-OH is 1. The van der Waals surface area contributed by atoms with Crippen LogP contribution in [0.1, 0.15) is 13.8 Å². The first-order valence-corrected chi connectivity index (χ1v) is 5.23. The summed E-state index contributed by atoms with van der Waals surface area (Å²) in [6.45, 7) is 11.2. The number of hydrogen-bond acceptors (Lipinski definition) is 4. The van der Waals surface area contributed by atoms with E-state index in [0.717, 1.165) is 0 Å². The van der Waals surface area contributed by atoms with Crippen LogP contribution in [-0.4, -0.2) is 23.1 Å². The number of hydrogen-bond donors (Lipinski definition) is 3. The van der Waals surface area contributed by atoms with E-state index in [4.69, 9.17) is 9.94 Å². The third-order valence-electron chi connectivity index (χ3n) is 2.20. The Morgan fingerprint density at radius 1 is 1.44 bits per heavy atom. The van der Waals surface area contributed by atoms with Gasteiger partial charge in [0.2, 0.25) is 0 Å². The molecule has 0 amide bonds. The maximum absolute atomic E-state index is 9.21. The Morgan fingerprint density at radius 3 is 2.44 bits per heavy atom. The number of rotatable bonds is 8. The average molecular weight is 227 g/mol. The number of aliphatic hydroxyl groups is 1. The van der Waals surface area contributed by atoms with E-state index in [1.165, 1.54) is 6.92 Å². The highest BCUT2D eigenvalue weighted by atomic mass is 16.6. The van der Waals surface area contributed by atoms with Crippen molar-refractivity contribution in [2.75, 3.05) is 6.54 Å². The third-order valence-corrected chi connectivity index (χ3v) is 2.20. The highest BCUT2D eigenvalue weighted by Crippen LogP contribution is 2.23. The van der Waals surface area contributed by atoms with Crippen molar-refractivity contribution in [3.63, 3.8) is 0 Å². The lowest BCUT2D eigenvalue weighted by atomic mass is 9.92. The summed E-state index contributed by atoms with van der Waals surface area (Å²) in [6, 6.07) is 0. The fourth-order valence-electron chi connectivity index (χ4n) is 1.44. The van der Waals surface area contributed by atoms with Gasteiger partial charge in [0.1, 0.15) is 5.76 Å². The smallest absolute Gasteiger partial charge is 0.194 e. The van der Waals surface area contributed by atoms with E-state index in [9.17, 15) is 5.11 Å². The molecule has 0 radical (unpaired) electrons. The van der Waals surface area contributed by atoms with E-state index in [0.29, 0.717) is 12.3 Å². The molecule has 3 N–H and O–H groups in total. The van der Waals surface area contributed by atoms with Crippen molar-refractivity contribution in [1.82, 2.24) is 5.48 Å². The summed E-state index contributed by atoms with van der Waals surface area (Å²) < 4.78 is 5.28. The third kappa shape index (κ3) is 5.11. The van der Waals surface area contributed by atoms with Crippen LogP contribution in [0.25, 0.3) is 0 Å². The average Bonchev–Trinajstić information content (AvgIpc) is 2.18. The summed E-state index contributed by atoms with van der Waals surface area (Å²) in [6.07, 6.45) is 4.11. The Hall–Kier alpha value is -1.10. The molecule has 0 saturated heterocycles. The minimum absolute atomic E-state index is 0.0902. The quantitative estimate of drug-likeness (QED) is 0.195. The van der Waals surface area contributed by atoms with Gasteiger partial charge in [-0.15, -0.1) is 6.58 Å². The van der Waals surface area contributed by atoms with Crippen LogP contribution in [0.15, 0.2) is 37.1 Å². The van der Waals surface area contributed by atoms with Gasteiger partial charge in [-0.25, -0.2) is 5.48 Å². The molecule has 0 saturated carbocycles. The molecule has 4 nitrogen and oxygen atoms in total. The second-order valence-electron chi connectivity index (χ2n) is 3.62. The van der Waals surface area contributed by atoms with Gasteiger partial charge in [-0.3, -0.25) is 0 Å². The SMILES string of the molecule is C=C/C=C(/OC(C)O)C(C=C)C(C)CNO. The molecule has 0 heterocycles. The lowest BCUT2D eigenvalue weighted by Crippen LogP contribution is -2.26. The molecule has 0 aromatic rings. The van der Waals surface area contributed by atoms with Crippen molar-refractivity contribution >= 4 is 0 Å². The van der Waals surface area contributed by atoms with Crippen LogP contribution in [-0.2, 0) is 4.74 Å². The normalized spacial score (nSPS) is 17.4. The van der Waals surface area contributed by atoms with Crippen molar-refractivity contribution in [2.24, 2.45) is 11.8 Å². The first-order valence-electron chi connectivity index (χ1n) is 5.23. The van der Waals surface area contributed by atoms with Crippen LogP contribution < -0.4 is 5.48 Å². The molecule has 3 atom stereocenters. The Labute approximate surface area is 96.9 Å². The van der Waals surface area contributed by atoms with Crippen LogP contribution >= 0.6 is 0 Å². The number of allylic oxidation sites excluding steroid dienone is 3. The summed E-state index contributed by atoms with van der Waals surface area (Å²) in [5.41, 5.74) is 2.11. The summed E-state index contributed by atoms with van der Waals surface area (Å²) in [4.78, 5) is 0. The molecule has 0 aromatic carbocycles. The summed E-state index contributed by atoms with van der Waals surface area (Å²) in [5, 5.41) is 17.9. The first-order chi connectivity index (χ1) is 7.56. The summed E-state index contributed by atoms with van der Waals surface area (Å²) >= 11 is 0. The Bertz CT molecular complexity index is 249. The molecule has 0 fully saturated rings. The van der Waals surface area contributed by atoms with Crippen molar-refractivity contribution in [2.45, 2.75) is 20.1 Å². The van der Waals surface area contributed by atoms with Crippen molar-refractivity contribution in [1.29, 1.82) is 0 Å². The molecular weight excluding hydrogens is 206 g/mol. The van der Waals surface area contributed by atoms with Gasteiger partial charge >= 0.3 is 0 Å². The predicted octanol–water partition coefficient (Wildman–Crippen LogP) is 1.83. The predicted molar refractivity (Wildman–Crippen MR) is 63.7 cm³/mol. The van der Waals surface area contributed by atoms with Crippen LogP contribution in [0.2, 0.25) is 0 Å². The van der Waals surface area contributed by atoms with E-state index in [1.54, 1.807) is 18.2 Å². The Balaban J connectivity index is 4.77. The van der Waals surface area contributed by atoms with Gasteiger partial charge in [-0.2, -0.15) is 0 Å². The van der Waals surface area contributed by atoms with Gasteiger partial charge in [0.25, 0.3) is 0 Å². The number of nitrogens with one attached hydrogen (secondary N) is 1. The summed E-state index contributed by atoms with van der Waals surface area (Å²) in [5.74, 6) is 0.586. The second kappa shape index (κ2) is 8.10. The highest BCUT2D eigenvalue weighted by molar-refractivity contribution is 5.13. The molecule has 0 aliphatic rings. The molecular formula is C12H21NO3. The topological polar surface area (TPSA) is 61.7 Å². The molecule has 92 valence electrons. The monoisotopic (exact) mass is 227 g/mol. The highest BCUT2D eigenvalue weighted by Gasteiger charge is 2.20. The Morgan fingerprint density at radius 2 is 2.06 bits per heavy atom. The molecule has 0 spiro atoms. The molecule has 0 aliphatic heterocycles. The van der Waals surface area contributed by atoms with Gasteiger partial charge in [0.05, 0.1) is 0 Å². The minimum atomic E-state index is -0.886. The number of ether oxygens (including phenoxy) is 1. The zero-order valence-corrected chi connectivity index (χ0v) is 9.89. The van der Waals surface area contributed by atoms with Crippen molar-refractivity contribution in [3.05, 3.63) is 37.1 Å². The first kappa shape index (κ1) is 14.9. The van der Waals surface area contributed by atoms with Crippen LogP contribution in [0.3, 0.4) is 0 Å². The largest absolute Gasteiger partial charge is 0.469 e. The molecule has 16 heavy (non-hydrogen) atoms. The zero-order valence-electron chi connectivity index (χ0n) is 9.89. The van der Waals surface area contributed by atoms with E-state index >= 15 is 0 Å². The van der Waals surface area contributed by atoms with Crippen LogP contribution in [0.5, 0.6) is 0 Å². The van der Waals surface area contributed by atoms with Gasteiger partial charge in [0.15, 0.2) is 6.29 Å². The zero-order chi connectivity index (χ0) is 12.6. The van der Waals surface area contributed by atoms with E-state index in [2.05, 4.69) is 18.6 Å². The fourth-order valence-corrected chi connectivity index (χ4v) is 1.44.